The molecule has 0 aromatic heterocycles. The third-order valence-electron chi connectivity index (χ3n) is 3.90. The Morgan fingerprint density at radius 1 is 1.07 bits per heavy atom. The van der Waals surface area contributed by atoms with Crippen LogP contribution in [0.4, 0.5) is 0 Å². The molecule has 0 spiro atoms. The van der Waals surface area contributed by atoms with E-state index in [0.717, 1.165) is 0 Å². The van der Waals surface area contributed by atoms with Crippen LogP contribution in [0, 0.1) is 0 Å². The Labute approximate surface area is 89.5 Å². The molecule has 4 nitrogen and oxygen atoms in total. The van der Waals surface area contributed by atoms with Gasteiger partial charge in [0, 0.05) is 12.8 Å². The van der Waals surface area contributed by atoms with Gasteiger partial charge in [0.2, 0.25) is 0 Å². The molecule has 0 saturated carbocycles. The second-order valence-electron chi connectivity index (χ2n) is 5.47. The first kappa shape index (κ1) is 10.0. The predicted molar refractivity (Wildman–Crippen MR) is 52.3 cm³/mol. The van der Waals surface area contributed by atoms with Gasteiger partial charge in [0.1, 0.15) is 12.2 Å². The lowest BCUT2D eigenvalue weighted by Crippen LogP contribution is -2.47. The average molecular weight is 214 g/mol. The predicted octanol–water partition coefficient (Wildman–Crippen LogP) is 0.819. The van der Waals surface area contributed by atoms with E-state index in [1.807, 2.05) is 20.8 Å². The Kier molecular flexibility index (Phi) is 1.83. The molecule has 0 amide bonds. The number of aliphatic hydroxyl groups excluding tert-OH is 1. The van der Waals surface area contributed by atoms with Gasteiger partial charge in [0.25, 0.3) is 0 Å². The summed E-state index contributed by atoms with van der Waals surface area (Å²) in [5, 5.41) is 9.85. The molecule has 3 saturated heterocycles. The molecule has 1 N–H and O–H groups in total. The van der Waals surface area contributed by atoms with Crippen molar-refractivity contribution in [3.05, 3.63) is 0 Å². The number of hydrogen-bond acceptors (Lipinski definition) is 4. The third kappa shape index (κ3) is 1.22. The highest BCUT2D eigenvalue weighted by atomic mass is 16.8. The van der Waals surface area contributed by atoms with Gasteiger partial charge in [0.15, 0.2) is 6.29 Å². The first-order valence-electron chi connectivity index (χ1n) is 5.62. The second-order valence-corrected chi connectivity index (χ2v) is 5.47. The van der Waals surface area contributed by atoms with E-state index in [9.17, 15) is 5.11 Å². The maximum absolute atomic E-state index is 9.85. The van der Waals surface area contributed by atoms with Crippen LogP contribution in [0.3, 0.4) is 0 Å². The zero-order valence-corrected chi connectivity index (χ0v) is 9.40. The van der Waals surface area contributed by atoms with E-state index in [4.69, 9.17) is 14.2 Å². The Bertz CT molecular complexity index is 268. The van der Waals surface area contributed by atoms with Crippen molar-refractivity contribution >= 4 is 0 Å². The van der Waals surface area contributed by atoms with Gasteiger partial charge in [-0.1, -0.05) is 0 Å². The van der Waals surface area contributed by atoms with Gasteiger partial charge in [-0.15, -0.1) is 0 Å². The molecule has 1 unspecified atom stereocenters. The fourth-order valence-electron chi connectivity index (χ4n) is 3.49. The first-order chi connectivity index (χ1) is 6.93. The first-order valence-corrected chi connectivity index (χ1v) is 5.62. The van der Waals surface area contributed by atoms with E-state index in [1.54, 1.807) is 0 Å². The fourth-order valence-corrected chi connectivity index (χ4v) is 3.49. The maximum atomic E-state index is 9.85. The Morgan fingerprint density at radius 3 is 2.00 bits per heavy atom. The largest absolute Gasteiger partial charge is 0.393 e. The number of hydrogen-bond donors (Lipinski definition) is 1. The summed E-state index contributed by atoms with van der Waals surface area (Å²) >= 11 is 0. The van der Waals surface area contributed by atoms with Crippen LogP contribution in [-0.2, 0) is 14.2 Å². The molecule has 0 aliphatic carbocycles. The van der Waals surface area contributed by atoms with Crippen molar-refractivity contribution in [3.8, 4) is 0 Å². The maximum Gasteiger partial charge on any atom is 0.156 e. The molecule has 6 atom stereocenters. The standard InChI is InChI=1S/C11H18O4/c1-6-13-8-9(14-6)11(3)5-7(12)4-10(8,2)15-11/h6-9,12H,4-5H2,1-3H3/t6?,7-,8+,9-,10-,11+. The highest BCUT2D eigenvalue weighted by molar-refractivity contribution is 5.14. The van der Waals surface area contributed by atoms with Crippen molar-refractivity contribution < 1.29 is 19.3 Å². The summed E-state index contributed by atoms with van der Waals surface area (Å²) in [6, 6.07) is 0. The molecule has 0 radical (unpaired) electrons. The summed E-state index contributed by atoms with van der Waals surface area (Å²) in [4.78, 5) is 0. The molecule has 3 aliphatic heterocycles. The monoisotopic (exact) mass is 214 g/mol. The minimum atomic E-state index is -0.387. The Morgan fingerprint density at radius 2 is 1.53 bits per heavy atom. The summed E-state index contributed by atoms with van der Waals surface area (Å²) in [6.45, 7) is 5.94. The van der Waals surface area contributed by atoms with Crippen LogP contribution in [-0.4, -0.2) is 40.9 Å². The molecule has 0 aromatic rings. The fraction of sp³-hybridized carbons (Fsp3) is 1.00. The zero-order valence-electron chi connectivity index (χ0n) is 9.40. The van der Waals surface area contributed by atoms with Crippen LogP contribution < -0.4 is 0 Å². The summed E-state index contributed by atoms with van der Waals surface area (Å²) in [6.07, 6.45) is 0.753. The van der Waals surface area contributed by atoms with Crippen molar-refractivity contribution in [1.29, 1.82) is 0 Å². The highest BCUT2D eigenvalue weighted by Crippen LogP contribution is 2.53. The SMILES string of the molecule is CC1O[C@@H]2[C@H](O1)[C@@]1(C)C[C@@H](O)C[C@]2(C)O1. The van der Waals surface area contributed by atoms with Gasteiger partial charge in [-0.05, 0) is 20.8 Å². The molecule has 3 rings (SSSR count). The lowest BCUT2D eigenvalue weighted by Gasteiger charge is -2.40. The highest BCUT2D eigenvalue weighted by Gasteiger charge is 2.66. The van der Waals surface area contributed by atoms with Crippen molar-refractivity contribution in [1.82, 2.24) is 0 Å². The van der Waals surface area contributed by atoms with E-state index in [2.05, 4.69) is 0 Å². The van der Waals surface area contributed by atoms with Gasteiger partial charge in [-0.3, -0.25) is 0 Å². The van der Waals surface area contributed by atoms with Crippen LogP contribution >= 0.6 is 0 Å². The molecular formula is C11H18O4. The van der Waals surface area contributed by atoms with Crippen molar-refractivity contribution in [2.75, 3.05) is 0 Å². The van der Waals surface area contributed by atoms with Crippen LogP contribution in [0.1, 0.15) is 33.6 Å². The third-order valence-corrected chi connectivity index (χ3v) is 3.90. The zero-order chi connectivity index (χ0) is 10.8. The normalized spacial score (nSPS) is 63.2. The molecule has 3 aliphatic rings. The topological polar surface area (TPSA) is 47.9 Å². The molecule has 4 heteroatoms. The van der Waals surface area contributed by atoms with Crippen LogP contribution in [0.5, 0.6) is 0 Å². The Hall–Kier alpha value is -0.160. The molecule has 0 aromatic carbocycles. The lowest BCUT2D eigenvalue weighted by atomic mass is 9.92. The van der Waals surface area contributed by atoms with E-state index >= 15 is 0 Å². The molecule has 3 fully saturated rings. The van der Waals surface area contributed by atoms with Gasteiger partial charge in [-0.2, -0.15) is 0 Å². The van der Waals surface area contributed by atoms with E-state index < -0.39 is 0 Å². The van der Waals surface area contributed by atoms with E-state index in [0.29, 0.717) is 12.8 Å². The summed E-state index contributed by atoms with van der Waals surface area (Å²) in [7, 11) is 0. The van der Waals surface area contributed by atoms with Gasteiger partial charge >= 0.3 is 0 Å². The number of fused-ring (bicyclic) bond motifs is 5. The van der Waals surface area contributed by atoms with Crippen molar-refractivity contribution in [2.24, 2.45) is 0 Å². The van der Waals surface area contributed by atoms with Gasteiger partial charge in [-0.25, -0.2) is 0 Å². The van der Waals surface area contributed by atoms with Crippen LogP contribution in [0.15, 0.2) is 0 Å². The summed E-state index contributed by atoms with van der Waals surface area (Å²) < 4.78 is 17.6. The minimum absolute atomic E-state index is 0.0327. The van der Waals surface area contributed by atoms with E-state index in [1.165, 1.54) is 0 Å². The molecule has 86 valence electrons. The van der Waals surface area contributed by atoms with Crippen molar-refractivity contribution in [3.63, 3.8) is 0 Å². The molecular weight excluding hydrogens is 196 g/mol. The van der Waals surface area contributed by atoms with Gasteiger partial charge in [0.05, 0.1) is 17.3 Å². The smallest absolute Gasteiger partial charge is 0.156 e. The van der Waals surface area contributed by atoms with E-state index in [-0.39, 0.29) is 35.8 Å². The van der Waals surface area contributed by atoms with Gasteiger partial charge < -0.3 is 19.3 Å². The van der Waals surface area contributed by atoms with Crippen LogP contribution in [0.2, 0.25) is 0 Å². The number of rotatable bonds is 0. The molecule has 15 heavy (non-hydrogen) atoms. The quantitative estimate of drug-likeness (QED) is 0.648. The van der Waals surface area contributed by atoms with Crippen LogP contribution in [0.25, 0.3) is 0 Å². The molecule has 2 bridgehead atoms. The average Bonchev–Trinajstić information content (AvgIpc) is 2.50. The molecule has 3 heterocycles. The minimum Gasteiger partial charge on any atom is -0.393 e. The summed E-state index contributed by atoms with van der Waals surface area (Å²) in [5.74, 6) is 0. The lowest BCUT2D eigenvalue weighted by molar-refractivity contribution is -0.222. The number of ether oxygens (including phenoxy) is 3. The summed E-state index contributed by atoms with van der Waals surface area (Å²) in [5.41, 5.74) is -0.774. The number of aliphatic hydroxyl groups is 1. The van der Waals surface area contributed by atoms with Crippen molar-refractivity contribution in [2.45, 2.75) is 69.4 Å². The Balaban J connectivity index is 1.98. The second kappa shape index (κ2) is 2.74.